The van der Waals surface area contributed by atoms with E-state index in [9.17, 15) is 5.11 Å². The molecule has 0 amide bonds. The zero-order chi connectivity index (χ0) is 16.2. The smallest absolute Gasteiger partial charge is 0.106 e. The first-order valence-electron chi connectivity index (χ1n) is 7.38. The Morgan fingerprint density at radius 1 is 1.04 bits per heavy atom. The summed E-state index contributed by atoms with van der Waals surface area (Å²) in [6, 6.07) is 19.1. The van der Waals surface area contributed by atoms with Crippen LogP contribution in [0.4, 0.5) is 0 Å². The Morgan fingerprint density at radius 3 is 2.65 bits per heavy atom. The van der Waals surface area contributed by atoms with Gasteiger partial charge in [-0.15, -0.1) is 0 Å². The monoisotopic (exact) mass is 300 g/mol. The molecule has 0 saturated heterocycles. The second-order valence-corrected chi connectivity index (χ2v) is 5.41. The zero-order valence-corrected chi connectivity index (χ0v) is 12.8. The molecule has 23 heavy (non-hydrogen) atoms. The van der Waals surface area contributed by atoms with Crippen LogP contribution in [0, 0.1) is 18.3 Å². The first kappa shape index (κ1) is 15.0. The third-order valence-electron chi connectivity index (χ3n) is 3.93. The molecule has 0 aliphatic rings. The summed E-state index contributed by atoms with van der Waals surface area (Å²) in [4.78, 5) is 4.16. The molecule has 0 bridgehead atoms. The number of aliphatic hydroxyl groups is 1. The minimum atomic E-state index is -0.759. The van der Waals surface area contributed by atoms with E-state index in [-0.39, 0.29) is 0 Å². The van der Waals surface area contributed by atoms with Crippen molar-refractivity contribution in [1.82, 2.24) is 4.98 Å². The summed E-state index contributed by atoms with van der Waals surface area (Å²) in [5.41, 5.74) is 4.99. The van der Waals surface area contributed by atoms with E-state index in [2.05, 4.69) is 11.1 Å². The fraction of sp³-hybridized carbons (Fsp3) is 0.100. The van der Waals surface area contributed by atoms with E-state index in [1.807, 2.05) is 55.5 Å². The molecule has 0 aliphatic carbocycles. The van der Waals surface area contributed by atoms with Crippen LogP contribution in [0.3, 0.4) is 0 Å². The van der Waals surface area contributed by atoms with Crippen molar-refractivity contribution in [3.63, 3.8) is 0 Å². The molecule has 0 saturated carbocycles. The maximum Gasteiger partial charge on any atom is 0.106 e. The number of nitriles is 1. The topological polar surface area (TPSA) is 56.9 Å². The molecule has 0 fully saturated rings. The van der Waals surface area contributed by atoms with Gasteiger partial charge in [-0.25, -0.2) is 0 Å². The first-order chi connectivity index (χ1) is 11.2. The second-order valence-electron chi connectivity index (χ2n) is 5.41. The molecule has 3 nitrogen and oxygen atoms in total. The summed E-state index contributed by atoms with van der Waals surface area (Å²) >= 11 is 0. The number of aliphatic hydroxyl groups excluding tert-OH is 1. The molecular formula is C20H16N2O. The third-order valence-corrected chi connectivity index (χ3v) is 3.93. The SMILES string of the molecule is Cc1ccccc1C(O)c1cnccc1-c1cccc(C#N)c1. The van der Waals surface area contributed by atoms with E-state index in [4.69, 9.17) is 5.26 Å². The molecule has 112 valence electrons. The van der Waals surface area contributed by atoms with Gasteiger partial charge in [0.15, 0.2) is 0 Å². The van der Waals surface area contributed by atoms with Gasteiger partial charge in [0.05, 0.1) is 11.6 Å². The molecule has 3 heteroatoms. The fourth-order valence-electron chi connectivity index (χ4n) is 2.70. The highest BCUT2D eigenvalue weighted by Gasteiger charge is 2.17. The molecule has 1 unspecified atom stereocenters. The van der Waals surface area contributed by atoms with Crippen molar-refractivity contribution in [2.45, 2.75) is 13.0 Å². The molecule has 1 aromatic heterocycles. The molecule has 2 aromatic carbocycles. The Labute approximate surface area is 135 Å². The molecule has 1 atom stereocenters. The number of aryl methyl sites for hydroxylation is 1. The van der Waals surface area contributed by atoms with Crippen molar-refractivity contribution >= 4 is 0 Å². The predicted octanol–water partition coefficient (Wildman–Crippen LogP) is 4.01. The van der Waals surface area contributed by atoms with Gasteiger partial charge in [-0.1, -0.05) is 36.4 Å². The van der Waals surface area contributed by atoms with Crippen molar-refractivity contribution in [3.05, 3.63) is 89.2 Å². The molecule has 0 radical (unpaired) electrons. The molecule has 1 heterocycles. The van der Waals surface area contributed by atoms with Crippen LogP contribution >= 0.6 is 0 Å². The Bertz CT molecular complexity index is 881. The number of nitrogens with zero attached hydrogens (tertiary/aromatic N) is 2. The summed E-state index contributed by atoms with van der Waals surface area (Å²) in [5.74, 6) is 0. The van der Waals surface area contributed by atoms with Gasteiger partial charge >= 0.3 is 0 Å². The summed E-state index contributed by atoms with van der Waals surface area (Å²) in [5, 5.41) is 19.9. The van der Waals surface area contributed by atoms with Crippen LogP contribution in [0.5, 0.6) is 0 Å². The van der Waals surface area contributed by atoms with Crippen LogP contribution in [-0.2, 0) is 0 Å². The third kappa shape index (κ3) is 2.98. The van der Waals surface area contributed by atoms with Crippen LogP contribution in [-0.4, -0.2) is 10.1 Å². The highest BCUT2D eigenvalue weighted by molar-refractivity contribution is 5.69. The number of hydrogen-bond acceptors (Lipinski definition) is 3. The van der Waals surface area contributed by atoms with Gasteiger partial charge in [-0.05, 0) is 47.4 Å². The molecular weight excluding hydrogens is 284 g/mol. The molecule has 1 N–H and O–H groups in total. The lowest BCUT2D eigenvalue weighted by atomic mass is 9.92. The van der Waals surface area contributed by atoms with Crippen molar-refractivity contribution in [1.29, 1.82) is 5.26 Å². The summed E-state index contributed by atoms with van der Waals surface area (Å²) < 4.78 is 0. The van der Waals surface area contributed by atoms with Crippen LogP contribution < -0.4 is 0 Å². The van der Waals surface area contributed by atoms with E-state index >= 15 is 0 Å². The Balaban J connectivity index is 2.11. The molecule has 3 rings (SSSR count). The van der Waals surface area contributed by atoms with Crippen molar-refractivity contribution in [2.24, 2.45) is 0 Å². The lowest BCUT2D eigenvalue weighted by molar-refractivity contribution is 0.219. The van der Waals surface area contributed by atoms with Gasteiger partial charge in [0.2, 0.25) is 0 Å². The predicted molar refractivity (Wildman–Crippen MR) is 89.6 cm³/mol. The maximum absolute atomic E-state index is 10.8. The fourth-order valence-corrected chi connectivity index (χ4v) is 2.70. The Kier molecular flexibility index (Phi) is 4.18. The van der Waals surface area contributed by atoms with Crippen LogP contribution in [0.2, 0.25) is 0 Å². The molecule has 0 spiro atoms. The Hall–Kier alpha value is -2.96. The average molecular weight is 300 g/mol. The van der Waals surface area contributed by atoms with E-state index in [0.29, 0.717) is 5.56 Å². The van der Waals surface area contributed by atoms with Gasteiger partial charge in [0, 0.05) is 18.0 Å². The standard InChI is InChI=1S/C20H16N2O/c1-14-5-2-3-8-17(14)20(23)19-13-22-10-9-18(19)16-7-4-6-15(11-16)12-21/h2-11,13,20,23H,1H3. The van der Waals surface area contributed by atoms with E-state index in [1.165, 1.54) is 0 Å². The summed E-state index contributed by atoms with van der Waals surface area (Å²) in [6.45, 7) is 1.98. The van der Waals surface area contributed by atoms with Gasteiger partial charge in [0.1, 0.15) is 6.10 Å². The molecule has 0 aliphatic heterocycles. The first-order valence-corrected chi connectivity index (χ1v) is 7.38. The average Bonchev–Trinajstić information content (AvgIpc) is 2.61. The van der Waals surface area contributed by atoms with Crippen molar-refractivity contribution in [2.75, 3.05) is 0 Å². The van der Waals surface area contributed by atoms with Crippen molar-refractivity contribution in [3.8, 4) is 17.2 Å². The quantitative estimate of drug-likeness (QED) is 0.795. The lowest BCUT2D eigenvalue weighted by Gasteiger charge is -2.17. The second kappa shape index (κ2) is 6.43. The van der Waals surface area contributed by atoms with Gasteiger partial charge in [0.25, 0.3) is 0 Å². The van der Waals surface area contributed by atoms with Crippen molar-refractivity contribution < 1.29 is 5.11 Å². The number of benzene rings is 2. The highest BCUT2D eigenvalue weighted by atomic mass is 16.3. The number of pyridine rings is 1. The van der Waals surface area contributed by atoms with E-state index < -0.39 is 6.10 Å². The minimum Gasteiger partial charge on any atom is -0.384 e. The Morgan fingerprint density at radius 2 is 1.87 bits per heavy atom. The van der Waals surface area contributed by atoms with E-state index in [1.54, 1.807) is 18.5 Å². The minimum absolute atomic E-state index is 0.593. The lowest BCUT2D eigenvalue weighted by Crippen LogP contribution is -2.04. The highest BCUT2D eigenvalue weighted by Crippen LogP contribution is 2.32. The summed E-state index contributed by atoms with van der Waals surface area (Å²) in [7, 11) is 0. The molecule has 3 aromatic rings. The zero-order valence-electron chi connectivity index (χ0n) is 12.8. The van der Waals surface area contributed by atoms with Gasteiger partial charge in [-0.2, -0.15) is 5.26 Å². The van der Waals surface area contributed by atoms with Crippen LogP contribution in [0.25, 0.3) is 11.1 Å². The van der Waals surface area contributed by atoms with Crippen LogP contribution in [0.1, 0.15) is 28.4 Å². The normalized spacial score (nSPS) is 11.7. The number of aromatic nitrogens is 1. The van der Waals surface area contributed by atoms with Gasteiger partial charge < -0.3 is 5.11 Å². The largest absolute Gasteiger partial charge is 0.384 e. The maximum atomic E-state index is 10.8. The number of hydrogen-bond donors (Lipinski definition) is 1. The van der Waals surface area contributed by atoms with Crippen LogP contribution in [0.15, 0.2) is 67.0 Å². The van der Waals surface area contributed by atoms with E-state index in [0.717, 1.165) is 27.8 Å². The number of rotatable bonds is 3. The van der Waals surface area contributed by atoms with Gasteiger partial charge in [-0.3, -0.25) is 4.98 Å². The summed E-state index contributed by atoms with van der Waals surface area (Å²) in [6.07, 6.45) is 2.62.